The number of para-hydroxylation sites is 1. The molecule has 28 heavy (non-hydrogen) atoms. The minimum Gasteiger partial charge on any atom is -0.507 e. The van der Waals surface area contributed by atoms with E-state index < -0.39 is 8.22 Å². The first-order chi connectivity index (χ1) is 13.3. The molecular weight excluding hydrogens is 362 g/mol. The molecule has 2 aliphatic heterocycles. The van der Waals surface area contributed by atoms with Gasteiger partial charge < -0.3 is 9.78 Å². The van der Waals surface area contributed by atoms with Crippen LogP contribution in [0.15, 0.2) is 78.9 Å². The molecule has 2 saturated heterocycles. The summed E-state index contributed by atoms with van der Waals surface area (Å²) in [5.74, 6) is 0.411. The van der Waals surface area contributed by atoms with Crippen LogP contribution in [0.3, 0.4) is 0 Å². The zero-order valence-electron chi connectivity index (χ0n) is 15.8. The molecule has 5 rings (SSSR count). The van der Waals surface area contributed by atoms with E-state index in [-0.39, 0.29) is 8.41 Å². The van der Waals surface area contributed by atoms with Crippen molar-refractivity contribution in [3.05, 3.63) is 78.9 Å². The van der Waals surface area contributed by atoms with E-state index in [0.717, 1.165) is 18.4 Å². The number of hydrogen-bond donors (Lipinski definition) is 1. The number of rotatable bonds is 3. The van der Waals surface area contributed by atoms with E-state index >= 15 is 0 Å². The van der Waals surface area contributed by atoms with Gasteiger partial charge in [0.25, 0.3) is 0 Å². The Morgan fingerprint density at radius 3 is 2.32 bits per heavy atom. The third kappa shape index (κ3) is 3.32. The molecule has 0 bridgehead atoms. The summed E-state index contributed by atoms with van der Waals surface area (Å²) in [7, 11) is -0.731. The Morgan fingerprint density at radius 1 is 0.857 bits per heavy atom. The van der Waals surface area contributed by atoms with E-state index in [9.17, 15) is 5.11 Å². The van der Waals surface area contributed by atoms with Gasteiger partial charge in [0.1, 0.15) is 14.0 Å². The third-order valence-electron chi connectivity index (χ3n) is 5.55. The van der Waals surface area contributed by atoms with E-state index in [2.05, 4.69) is 70.0 Å². The van der Waals surface area contributed by atoms with Gasteiger partial charge in [0.05, 0.1) is 5.30 Å². The Labute approximate surface area is 170 Å². The molecule has 0 unspecified atom stereocenters. The van der Waals surface area contributed by atoms with Gasteiger partial charge in [-0.2, -0.15) is 0 Å². The highest BCUT2D eigenvalue weighted by atomic mass is 31.1. The molecule has 0 spiro atoms. The molecule has 2 aliphatic rings. The first-order valence-corrected chi connectivity index (χ1v) is 10.8. The maximum absolute atomic E-state index is 10.8. The van der Waals surface area contributed by atoms with Gasteiger partial charge in [-0.05, 0) is 48.2 Å². The molecule has 0 aromatic heterocycles. The van der Waals surface area contributed by atoms with Crippen LogP contribution in [-0.4, -0.2) is 37.3 Å². The number of phenols is 1. The van der Waals surface area contributed by atoms with Gasteiger partial charge >= 0.3 is 0 Å². The van der Waals surface area contributed by atoms with Crippen LogP contribution in [-0.2, 0) is 0 Å². The smallest absolute Gasteiger partial charge is 0.126 e. The fourth-order valence-corrected chi connectivity index (χ4v) is 7.12. The number of nitrogens with zero attached hydrogens (tertiary/aromatic N) is 2. The van der Waals surface area contributed by atoms with Gasteiger partial charge in [-0.3, -0.25) is 4.67 Å². The lowest BCUT2D eigenvalue weighted by atomic mass is 10.1. The molecule has 5 heteroatoms. The van der Waals surface area contributed by atoms with Crippen LogP contribution >= 0.6 is 8.22 Å². The highest BCUT2D eigenvalue weighted by Gasteiger charge is 2.44. The molecule has 3 radical (unpaired) electrons. The van der Waals surface area contributed by atoms with Crippen LogP contribution in [0.5, 0.6) is 5.75 Å². The minimum atomic E-state index is -0.731. The quantitative estimate of drug-likeness (QED) is 0.527. The Balaban J connectivity index is 0.00000192. The van der Waals surface area contributed by atoms with Crippen molar-refractivity contribution in [2.45, 2.75) is 18.9 Å². The molecule has 3 aromatic rings. The van der Waals surface area contributed by atoms with Gasteiger partial charge in [0.15, 0.2) is 0 Å². The van der Waals surface area contributed by atoms with Crippen molar-refractivity contribution in [3.63, 3.8) is 0 Å². The summed E-state index contributed by atoms with van der Waals surface area (Å²) >= 11 is 0. The van der Waals surface area contributed by atoms with E-state index in [0.29, 0.717) is 11.8 Å². The molecular formula is C23H23BN2OP. The largest absolute Gasteiger partial charge is 0.507 e. The third-order valence-corrected chi connectivity index (χ3v) is 8.21. The fourth-order valence-electron chi connectivity index (χ4n) is 4.25. The number of hydrogen-bond acceptors (Lipinski definition) is 3. The molecule has 0 amide bonds. The van der Waals surface area contributed by atoms with E-state index in [1.165, 1.54) is 29.7 Å². The van der Waals surface area contributed by atoms with Crippen LogP contribution in [0.4, 0.5) is 5.69 Å². The predicted octanol–water partition coefficient (Wildman–Crippen LogP) is 4.60. The summed E-state index contributed by atoms with van der Waals surface area (Å²) in [5, 5.41) is 11.9. The second-order valence-electron chi connectivity index (χ2n) is 7.24. The lowest BCUT2D eigenvalue weighted by Gasteiger charge is -2.31. The first kappa shape index (κ1) is 19.0. The first-order valence-electron chi connectivity index (χ1n) is 9.59. The van der Waals surface area contributed by atoms with Crippen molar-refractivity contribution in [3.8, 4) is 16.9 Å². The molecule has 1 N–H and O–H groups in total. The highest BCUT2D eigenvalue weighted by molar-refractivity contribution is 7.65. The fraction of sp³-hybridized carbons (Fsp3) is 0.217. The van der Waals surface area contributed by atoms with Gasteiger partial charge in [0, 0.05) is 33.2 Å². The number of anilines is 1. The van der Waals surface area contributed by atoms with Gasteiger partial charge in [-0.25, -0.2) is 0 Å². The molecule has 3 aromatic carbocycles. The monoisotopic (exact) mass is 385 g/mol. The van der Waals surface area contributed by atoms with Crippen LogP contribution < -0.4 is 9.97 Å². The average molecular weight is 385 g/mol. The summed E-state index contributed by atoms with van der Waals surface area (Å²) in [5.41, 5.74) is 3.61. The summed E-state index contributed by atoms with van der Waals surface area (Å²) < 4.78 is 5.15. The minimum absolute atomic E-state index is 0. The maximum atomic E-state index is 10.8. The van der Waals surface area contributed by atoms with Crippen molar-refractivity contribution < 1.29 is 5.11 Å². The Bertz CT molecular complexity index is 938. The zero-order valence-corrected chi connectivity index (χ0v) is 16.7. The van der Waals surface area contributed by atoms with Crippen LogP contribution in [0.1, 0.15) is 12.8 Å². The molecule has 3 nitrogen and oxygen atoms in total. The highest BCUT2D eigenvalue weighted by Crippen LogP contribution is 2.56. The lowest BCUT2D eigenvalue weighted by Crippen LogP contribution is -2.23. The molecule has 2 fully saturated rings. The number of fused-ring (bicyclic) bond motifs is 1. The Kier molecular flexibility index (Phi) is 5.43. The summed E-state index contributed by atoms with van der Waals surface area (Å²) in [6.07, 6.45) is 2.51. The molecule has 2 atom stereocenters. The predicted molar refractivity (Wildman–Crippen MR) is 119 cm³/mol. The van der Waals surface area contributed by atoms with Crippen molar-refractivity contribution in [2.75, 3.05) is 17.8 Å². The molecule has 2 heterocycles. The Morgan fingerprint density at radius 2 is 1.57 bits per heavy atom. The topological polar surface area (TPSA) is 26.7 Å². The van der Waals surface area contributed by atoms with Crippen molar-refractivity contribution in [2.24, 2.45) is 0 Å². The van der Waals surface area contributed by atoms with E-state index in [1.54, 1.807) is 0 Å². The normalized spacial score (nSPS) is 21.4. The standard InChI is InChI=1S/C23H23N2OP.B/c26-22-14-13-19(18-8-3-1-4-9-18)16-23(22)27-24-15-7-12-21(24)17-25(27)20-10-5-2-6-11-20;/h1-6,8-11,13-14,16,21,26H,7,12,15,17H2;/t21-,27+;/m0./s1. The zero-order chi connectivity index (χ0) is 18.2. The number of aromatic hydroxyl groups is 1. The van der Waals surface area contributed by atoms with Crippen LogP contribution in [0.2, 0.25) is 0 Å². The van der Waals surface area contributed by atoms with E-state index in [1.807, 2.05) is 18.2 Å². The van der Waals surface area contributed by atoms with Gasteiger partial charge in [-0.15, -0.1) is 0 Å². The summed E-state index contributed by atoms with van der Waals surface area (Å²) in [6.45, 7) is 2.17. The van der Waals surface area contributed by atoms with Gasteiger partial charge in [0.2, 0.25) is 0 Å². The lowest BCUT2D eigenvalue weighted by molar-refractivity contribution is 0.464. The molecule has 0 saturated carbocycles. The van der Waals surface area contributed by atoms with Gasteiger partial charge in [-0.1, -0.05) is 54.6 Å². The van der Waals surface area contributed by atoms with Crippen molar-refractivity contribution >= 4 is 27.6 Å². The summed E-state index contributed by atoms with van der Waals surface area (Å²) in [4.78, 5) is 0. The SMILES string of the molecule is Oc1ccc(-c2ccccc2)cc1[P@@]1N(c2ccccc2)C[C@@H]2CCCN21.[B]. The molecule has 139 valence electrons. The van der Waals surface area contributed by atoms with Crippen molar-refractivity contribution in [1.82, 2.24) is 4.67 Å². The number of benzene rings is 3. The van der Waals surface area contributed by atoms with Crippen molar-refractivity contribution in [1.29, 1.82) is 0 Å². The van der Waals surface area contributed by atoms with E-state index in [4.69, 9.17) is 0 Å². The number of phenolic OH excluding ortho intramolecular Hbond substituents is 1. The second kappa shape index (κ2) is 7.99. The van der Waals surface area contributed by atoms with Crippen LogP contribution in [0.25, 0.3) is 11.1 Å². The molecule has 0 aliphatic carbocycles. The summed E-state index contributed by atoms with van der Waals surface area (Å²) in [6, 6.07) is 27.8. The maximum Gasteiger partial charge on any atom is 0.126 e. The Hall–Kier alpha value is -2.29. The second-order valence-corrected chi connectivity index (χ2v) is 9.29. The van der Waals surface area contributed by atoms with Crippen LogP contribution in [0, 0.1) is 0 Å². The average Bonchev–Trinajstić information content (AvgIpc) is 3.31.